The second-order valence-electron chi connectivity index (χ2n) is 4.62. The lowest BCUT2D eigenvalue weighted by Gasteiger charge is -1.94. The average molecular weight is 264 g/mol. The van der Waals surface area contributed by atoms with Crippen molar-refractivity contribution < 1.29 is 4.52 Å². The van der Waals surface area contributed by atoms with Crippen molar-refractivity contribution in [3.05, 3.63) is 77.8 Å². The van der Waals surface area contributed by atoms with Gasteiger partial charge in [-0.25, -0.2) is 0 Å². The van der Waals surface area contributed by atoms with E-state index in [2.05, 4.69) is 17.1 Å². The first kappa shape index (κ1) is 12.5. The Labute approximate surface area is 117 Å². The van der Waals surface area contributed by atoms with E-state index < -0.39 is 0 Å². The summed E-state index contributed by atoms with van der Waals surface area (Å²) in [4.78, 5) is 4.59. The minimum atomic E-state index is 0.655. The van der Waals surface area contributed by atoms with Crippen LogP contribution in [0.15, 0.2) is 76.2 Å². The molecule has 0 N–H and O–H groups in total. The number of nitrogens with zero attached hydrogens (tertiary/aromatic N) is 2. The molecule has 3 nitrogen and oxygen atoms in total. The van der Waals surface area contributed by atoms with Gasteiger partial charge in [0.2, 0.25) is 0 Å². The Hall–Kier alpha value is -2.55. The Balaban J connectivity index is 1.90. The molecule has 0 aliphatic carbocycles. The summed E-state index contributed by atoms with van der Waals surface area (Å²) in [5.74, 6) is 0.833. The monoisotopic (exact) mass is 264 g/mol. The Morgan fingerprint density at radius 3 is 2.30 bits per heavy atom. The summed E-state index contributed by atoms with van der Waals surface area (Å²) in [6.45, 7) is 0.655. The minimum Gasteiger partial charge on any atom is -0.378 e. The van der Waals surface area contributed by atoms with Gasteiger partial charge in [-0.15, -0.1) is 0 Å². The first-order valence-corrected chi connectivity index (χ1v) is 6.60. The zero-order valence-corrected chi connectivity index (χ0v) is 11.4. The predicted octanol–water partition coefficient (Wildman–Crippen LogP) is 3.39. The Morgan fingerprint density at radius 1 is 0.950 bits per heavy atom. The van der Waals surface area contributed by atoms with Crippen LogP contribution in [0.3, 0.4) is 0 Å². The molecule has 0 spiro atoms. The number of aromatic nitrogens is 1. The summed E-state index contributed by atoms with van der Waals surface area (Å²) in [5, 5.41) is 0. The molecular formula is C17H16N2O. The van der Waals surface area contributed by atoms with Crippen molar-refractivity contribution in [3.63, 3.8) is 0 Å². The molecule has 0 amide bonds. The Morgan fingerprint density at radius 2 is 1.60 bits per heavy atom. The smallest absolute Gasteiger partial charge is 0.166 e. The van der Waals surface area contributed by atoms with Crippen LogP contribution in [0.1, 0.15) is 5.56 Å². The molecule has 0 saturated carbocycles. The van der Waals surface area contributed by atoms with Crippen molar-refractivity contribution in [1.29, 1.82) is 0 Å². The molecule has 1 heterocycles. The molecule has 0 aliphatic rings. The first-order valence-electron chi connectivity index (χ1n) is 6.60. The van der Waals surface area contributed by atoms with Crippen molar-refractivity contribution in [3.8, 4) is 11.3 Å². The summed E-state index contributed by atoms with van der Waals surface area (Å²) < 4.78 is 7.41. The van der Waals surface area contributed by atoms with E-state index >= 15 is 0 Å². The van der Waals surface area contributed by atoms with Crippen molar-refractivity contribution in [2.24, 2.45) is 12.0 Å². The van der Waals surface area contributed by atoms with E-state index in [1.54, 1.807) is 4.74 Å². The lowest BCUT2D eigenvalue weighted by Crippen LogP contribution is -2.11. The van der Waals surface area contributed by atoms with E-state index in [1.807, 2.05) is 61.6 Å². The van der Waals surface area contributed by atoms with Crippen molar-refractivity contribution in [1.82, 2.24) is 4.74 Å². The molecule has 3 aromatic rings. The number of benzene rings is 2. The summed E-state index contributed by atoms with van der Waals surface area (Å²) >= 11 is 0. The summed E-state index contributed by atoms with van der Waals surface area (Å²) in [7, 11) is 1.87. The predicted molar refractivity (Wildman–Crippen MR) is 78.8 cm³/mol. The van der Waals surface area contributed by atoms with Crippen LogP contribution in [0, 0.1) is 0 Å². The van der Waals surface area contributed by atoms with Gasteiger partial charge in [-0.1, -0.05) is 60.7 Å². The molecule has 20 heavy (non-hydrogen) atoms. The Bertz CT molecular complexity index is 739. The van der Waals surface area contributed by atoms with Gasteiger partial charge in [-0.3, -0.25) is 4.99 Å². The van der Waals surface area contributed by atoms with Crippen LogP contribution in [0.4, 0.5) is 0 Å². The lowest BCUT2D eigenvalue weighted by molar-refractivity contribution is 0.303. The maximum atomic E-state index is 5.71. The maximum absolute atomic E-state index is 5.71. The molecule has 0 unspecified atom stereocenters. The molecule has 1 aromatic heterocycles. The van der Waals surface area contributed by atoms with E-state index in [9.17, 15) is 0 Å². The molecular weight excluding hydrogens is 248 g/mol. The van der Waals surface area contributed by atoms with E-state index in [0.29, 0.717) is 6.54 Å². The molecule has 0 radical (unpaired) electrons. The van der Waals surface area contributed by atoms with Gasteiger partial charge >= 0.3 is 0 Å². The number of aryl methyl sites for hydroxylation is 1. The van der Waals surface area contributed by atoms with Crippen molar-refractivity contribution in [2.45, 2.75) is 6.54 Å². The fourth-order valence-electron chi connectivity index (χ4n) is 2.07. The highest BCUT2D eigenvalue weighted by Gasteiger charge is 2.03. The van der Waals surface area contributed by atoms with E-state index in [4.69, 9.17) is 4.52 Å². The SMILES string of the molecule is Cn1oc(-c2ccccc2)cc1=NCc1ccccc1. The van der Waals surface area contributed by atoms with Crippen LogP contribution in [0.2, 0.25) is 0 Å². The first-order chi connectivity index (χ1) is 9.83. The highest BCUT2D eigenvalue weighted by Crippen LogP contribution is 2.16. The summed E-state index contributed by atoms with van der Waals surface area (Å²) in [6.07, 6.45) is 0. The topological polar surface area (TPSA) is 30.4 Å². The molecule has 0 bridgehead atoms. The second-order valence-corrected chi connectivity index (χ2v) is 4.62. The van der Waals surface area contributed by atoms with Gasteiger partial charge in [0.15, 0.2) is 11.2 Å². The van der Waals surface area contributed by atoms with Crippen LogP contribution in [0.25, 0.3) is 11.3 Å². The van der Waals surface area contributed by atoms with Crippen molar-refractivity contribution in [2.75, 3.05) is 0 Å². The van der Waals surface area contributed by atoms with E-state index in [0.717, 1.165) is 16.8 Å². The normalized spacial score (nSPS) is 11.8. The Kier molecular flexibility index (Phi) is 3.50. The van der Waals surface area contributed by atoms with E-state index in [-0.39, 0.29) is 0 Å². The molecule has 0 fully saturated rings. The van der Waals surface area contributed by atoms with Crippen LogP contribution in [0.5, 0.6) is 0 Å². The molecule has 3 rings (SSSR count). The molecule has 100 valence electrons. The van der Waals surface area contributed by atoms with Gasteiger partial charge in [-0.05, 0) is 5.56 Å². The molecule has 2 aromatic carbocycles. The molecule has 3 heteroatoms. The van der Waals surface area contributed by atoms with Gasteiger partial charge in [0.05, 0.1) is 6.54 Å². The third-order valence-corrected chi connectivity index (χ3v) is 3.14. The van der Waals surface area contributed by atoms with Gasteiger partial charge in [-0.2, -0.15) is 4.74 Å². The number of rotatable bonds is 3. The quantitative estimate of drug-likeness (QED) is 0.713. The highest BCUT2D eigenvalue weighted by molar-refractivity contribution is 5.55. The second kappa shape index (κ2) is 5.61. The highest BCUT2D eigenvalue weighted by atomic mass is 16.5. The fourth-order valence-corrected chi connectivity index (χ4v) is 2.07. The summed E-state index contributed by atoms with van der Waals surface area (Å²) in [5.41, 5.74) is 3.09. The average Bonchev–Trinajstić information content (AvgIpc) is 2.88. The molecule has 0 aliphatic heterocycles. The maximum Gasteiger partial charge on any atom is 0.166 e. The minimum absolute atomic E-state index is 0.655. The van der Waals surface area contributed by atoms with Gasteiger partial charge in [0, 0.05) is 18.7 Å². The molecule has 0 atom stereocenters. The van der Waals surface area contributed by atoms with Gasteiger partial charge in [0.1, 0.15) is 0 Å². The molecule has 0 saturated heterocycles. The third kappa shape index (κ3) is 2.72. The van der Waals surface area contributed by atoms with Crippen molar-refractivity contribution >= 4 is 0 Å². The van der Waals surface area contributed by atoms with Gasteiger partial charge < -0.3 is 4.52 Å². The zero-order chi connectivity index (χ0) is 13.8. The lowest BCUT2D eigenvalue weighted by atomic mass is 10.2. The third-order valence-electron chi connectivity index (χ3n) is 3.14. The van der Waals surface area contributed by atoms with Gasteiger partial charge in [0.25, 0.3) is 0 Å². The standard InChI is InChI=1S/C17H16N2O/c1-19-17(18-13-14-8-4-2-5-9-14)12-16(20-19)15-10-6-3-7-11-15/h2-12H,13H2,1H3. The van der Waals surface area contributed by atoms with Crippen LogP contribution < -0.4 is 5.49 Å². The van der Waals surface area contributed by atoms with Crippen LogP contribution in [-0.2, 0) is 13.6 Å². The van der Waals surface area contributed by atoms with Crippen LogP contribution in [-0.4, -0.2) is 4.74 Å². The van der Waals surface area contributed by atoms with Crippen LogP contribution >= 0.6 is 0 Å². The largest absolute Gasteiger partial charge is 0.378 e. The summed E-state index contributed by atoms with van der Waals surface area (Å²) in [6, 6.07) is 22.2. The number of hydrogen-bond acceptors (Lipinski definition) is 2. The zero-order valence-electron chi connectivity index (χ0n) is 11.4. The fraction of sp³-hybridized carbons (Fsp3) is 0.118. The number of hydrogen-bond donors (Lipinski definition) is 0. The van der Waals surface area contributed by atoms with E-state index in [1.165, 1.54) is 5.56 Å².